The van der Waals surface area contributed by atoms with Gasteiger partial charge in [0, 0.05) is 6.61 Å². The van der Waals surface area contributed by atoms with E-state index < -0.39 is 5.60 Å². The van der Waals surface area contributed by atoms with Crippen molar-refractivity contribution in [3.8, 4) is 0 Å². The molecule has 0 aliphatic heterocycles. The van der Waals surface area contributed by atoms with Gasteiger partial charge in [0.15, 0.2) is 0 Å². The van der Waals surface area contributed by atoms with E-state index in [2.05, 4.69) is 43.3 Å². The van der Waals surface area contributed by atoms with Gasteiger partial charge in [-0.15, -0.1) is 0 Å². The molecule has 0 radical (unpaired) electrons. The summed E-state index contributed by atoms with van der Waals surface area (Å²) < 4.78 is 57.5. The van der Waals surface area contributed by atoms with Crippen LogP contribution >= 0.6 is 0 Å². The topological polar surface area (TPSA) is 92.3 Å². The third-order valence-electron chi connectivity index (χ3n) is 10.7. The van der Waals surface area contributed by atoms with E-state index in [0.717, 1.165) is 29.7 Å². The summed E-state index contributed by atoms with van der Waals surface area (Å²) in [5.74, 6) is 0. The lowest BCUT2D eigenvalue weighted by molar-refractivity contribution is -0.0399. The molecule has 0 N–H and O–H groups in total. The van der Waals surface area contributed by atoms with E-state index in [1.54, 1.807) is 0 Å². The highest BCUT2D eigenvalue weighted by Crippen LogP contribution is 2.40. The Morgan fingerprint density at radius 2 is 0.476 bits per heavy atom. The molecule has 3 aromatic rings. The first-order valence-corrected chi connectivity index (χ1v) is 24.4. The molecule has 3 rings (SSSR count). The van der Waals surface area contributed by atoms with Crippen LogP contribution in [0.4, 0.5) is 0 Å². The summed E-state index contributed by atoms with van der Waals surface area (Å²) in [6.07, 6.45) is 19.2. The van der Waals surface area contributed by atoms with Crippen molar-refractivity contribution >= 4 is 0 Å². The second-order valence-electron chi connectivity index (χ2n) is 15.7. The molecule has 0 spiro atoms. The summed E-state index contributed by atoms with van der Waals surface area (Å²) in [5, 5.41) is 0. The molecule has 63 heavy (non-hydrogen) atoms. The number of hydrogen-bond acceptors (Lipinski definition) is 10. The van der Waals surface area contributed by atoms with Crippen molar-refractivity contribution < 1.29 is 47.4 Å². The van der Waals surface area contributed by atoms with Crippen LogP contribution < -0.4 is 0 Å². The minimum atomic E-state index is -0.749. The van der Waals surface area contributed by atoms with Crippen LogP contribution in [0.15, 0.2) is 91.0 Å². The molecular weight excluding hydrogens is 797 g/mol. The summed E-state index contributed by atoms with van der Waals surface area (Å²) in [6.45, 7) is 12.5. The van der Waals surface area contributed by atoms with Crippen LogP contribution in [0, 0.1) is 0 Å². The van der Waals surface area contributed by atoms with Gasteiger partial charge in [-0.1, -0.05) is 181 Å². The van der Waals surface area contributed by atoms with E-state index in [-0.39, 0.29) is 0 Å². The molecule has 0 heterocycles. The lowest BCUT2D eigenvalue weighted by atomic mass is 9.80. The van der Waals surface area contributed by atoms with Crippen LogP contribution in [0.25, 0.3) is 0 Å². The highest BCUT2D eigenvalue weighted by atomic mass is 16.6. The summed E-state index contributed by atoms with van der Waals surface area (Å²) in [4.78, 5) is 0. The molecule has 0 amide bonds. The monoisotopic (exact) mass is 881 g/mol. The smallest absolute Gasteiger partial charge is 0.143 e. The van der Waals surface area contributed by atoms with Crippen molar-refractivity contribution in [2.75, 3.05) is 126 Å². The van der Waals surface area contributed by atoms with E-state index in [1.807, 2.05) is 54.6 Å². The van der Waals surface area contributed by atoms with E-state index in [4.69, 9.17) is 47.4 Å². The van der Waals surface area contributed by atoms with E-state index >= 15 is 0 Å². The molecule has 0 atom stereocenters. The van der Waals surface area contributed by atoms with Crippen molar-refractivity contribution in [3.05, 3.63) is 108 Å². The summed E-state index contributed by atoms with van der Waals surface area (Å²) >= 11 is 0. The predicted octanol–water partition coefficient (Wildman–Crippen LogP) is 10.6. The molecule has 0 unspecified atom stereocenters. The zero-order valence-electron chi connectivity index (χ0n) is 39.1. The minimum Gasteiger partial charge on any atom is -0.379 e. The Morgan fingerprint density at radius 3 is 0.746 bits per heavy atom. The SMILES string of the molecule is CCCCCCCCCCCCCCCCOCCOCCOCCOCCOCCOCCOCCOCCOCCOC(c1ccccc1)(c1ccccc1)c1ccccc1. The van der Waals surface area contributed by atoms with E-state index in [0.29, 0.717) is 119 Å². The maximum atomic E-state index is 6.74. The largest absolute Gasteiger partial charge is 0.379 e. The Bertz CT molecular complexity index is 1270. The fraction of sp³-hybridized carbons (Fsp3) is 0.660. The third-order valence-corrected chi connectivity index (χ3v) is 10.7. The highest BCUT2D eigenvalue weighted by Gasteiger charge is 2.37. The third kappa shape index (κ3) is 27.4. The number of benzene rings is 3. The van der Waals surface area contributed by atoms with E-state index in [1.165, 1.54) is 83.5 Å². The normalized spacial score (nSPS) is 11.8. The average Bonchev–Trinajstić information content (AvgIpc) is 3.33. The fourth-order valence-corrected chi connectivity index (χ4v) is 7.28. The van der Waals surface area contributed by atoms with Crippen molar-refractivity contribution in [2.45, 2.75) is 102 Å². The Hall–Kier alpha value is -2.74. The Balaban J connectivity index is 0.988. The quantitative estimate of drug-likeness (QED) is 0.0403. The van der Waals surface area contributed by atoms with Gasteiger partial charge in [-0.3, -0.25) is 0 Å². The molecule has 0 saturated carbocycles. The molecule has 0 fully saturated rings. The lowest BCUT2D eigenvalue weighted by Crippen LogP contribution is -2.34. The number of ether oxygens (including phenoxy) is 10. The number of unbranched alkanes of at least 4 members (excludes halogenated alkanes) is 13. The van der Waals surface area contributed by atoms with E-state index in [9.17, 15) is 0 Å². The molecule has 356 valence electrons. The molecule has 10 heteroatoms. The fourth-order valence-electron chi connectivity index (χ4n) is 7.28. The first-order valence-electron chi connectivity index (χ1n) is 24.4. The van der Waals surface area contributed by atoms with Crippen LogP contribution in [0.1, 0.15) is 114 Å². The Labute approximate surface area is 381 Å². The molecule has 0 aliphatic carbocycles. The zero-order chi connectivity index (χ0) is 44.2. The molecular formula is C53H84O10. The van der Waals surface area contributed by atoms with Gasteiger partial charge in [0.2, 0.25) is 0 Å². The van der Waals surface area contributed by atoms with Gasteiger partial charge in [-0.25, -0.2) is 0 Å². The van der Waals surface area contributed by atoms with Crippen LogP contribution in [0.5, 0.6) is 0 Å². The maximum Gasteiger partial charge on any atom is 0.143 e. The molecule has 10 nitrogen and oxygen atoms in total. The Morgan fingerprint density at radius 1 is 0.254 bits per heavy atom. The van der Waals surface area contributed by atoms with Crippen molar-refractivity contribution in [1.82, 2.24) is 0 Å². The molecule has 0 saturated heterocycles. The molecule has 0 aliphatic rings. The summed E-state index contributed by atoms with van der Waals surface area (Å²) in [6, 6.07) is 31.1. The van der Waals surface area contributed by atoms with Gasteiger partial charge >= 0.3 is 0 Å². The van der Waals surface area contributed by atoms with Crippen molar-refractivity contribution in [2.24, 2.45) is 0 Å². The lowest BCUT2D eigenvalue weighted by Gasteiger charge is -2.36. The van der Waals surface area contributed by atoms with Crippen molar-refractivity contribution in [1.29, 1.82) is 0 Å². The average molecular weight is 881 g/mol. The molecule has 3 aromatic carbocycles. The van der Waals surface area contributed by atoms with Crippen LogP contribution in [0.3, 0.4) is 0 Å². The van der Waals surface area contributed by atoms with Crippen LogP contribution in [-0.4, -0.2) is 126 Å². The number of rotatable bonds is 46. The highest BCUT2D eigenvalue weighted by molar-refractivity contribution is 5.47. The van der Waals surface area contributed by atoms with Gasteiger partial charge < -0.3 is 47.4 Å². The predicted molar refractivity (Wildman–Crippen MR) is 253 cm³/mol. The second kappa shape index (κ2) is 40.7. The van der Waals surface area contributed by atoms with Crippen LogP contribution in [0.2, 0.25) is 0 Å². The Kier molecular flexibility index (Phi) is 35.3. The first-order chi connectivity index (χ1) is 31.4. The number of hydrogen-bond donors (Lipinski definition) is 0. The van der Waals surface area contributed by atoms with Gasteiger partial charge in [-0.05, 0) is 23.1 Å². The molecule has 0 bridgehead atoms. The first kappa shape index (κ1) is 54.6. The van der Waals surface area contributed by atoms with Gasteiger partial charge in [0.1, 0.15) is 5.60 Å². The standard InChI is InChI=1S/C53H84O10/c1-2-3-4-5-6-7-8-9-10-11-12-13-14-24-31-54-32-33-55-34-35-56-36-37-57-38-39-58-40-41-59-42-43-60-44-45-61-46-47-62-48-49-63-53(50-25-18-15-19-26-50,51-27-20-16-21-28-51)52-29-22-17-23-30-52/h15-23,25-30H,2-14,24,31-49H2,1H3. The van der Waals surface area contributed by atoms with Crippen molar-refractivity contribution in [3.63, 3.8) is 0 Å². The second-order valence-corrected chi connectivity index (χ2v) is 15.7. The summed E-state index contributed by atoms with van der Waals surface area (Å²) in [7, 11) is 0. The molecule has 0 aromatic heterocycles. The zero-order valence-corrected chi connectivity index (χ0v) is 39.1. The minimum absolute atomic E-state index is 0.420. The van der Waals surface area contributed by atoms with Gasteiger partial charge in [0.05, 0.1) is 119 Å². The van der Waals surface area contributed by atoms with Crippen LogP contribution in [-0.2, 0) is 53.0 Å². The van der Waals surface area contributed by atoms with Gasteiger partial charge in [0.25, 0.3) is 0 Å². The summed E-state index contributed by atoms with van der Waals surface area (Å²) in [5.41, 5.74) is 2.47. The van der Waals surface area contributed by atoms with Gasteiger partial charge in [-0.2, -0.15) is 0 Å². The maximum absolute atomic E-state index is 6.74.